The second-order valence-corrected chi connectivity index (χ2v) is 7.61. The minimum atomic E-state index is -0.769. The van der Waals surface area contributed by atoms with Crippen molar-refractivity contribution in [3.63, 3.8) is 0 Å². The van der Waals surface area contributed by atoms with E-state index in [1.807, 2.05) is 29.2 Å². The van der Waals surface area contributed by atoms with E-state index >= 15 is 0 Å². The number of carboxylic acid groups (broad SMARTS) is 1. The minimum Gasteiger partial charge on any atom is -0.481 e. The molecule has 2 unspecified atom stereocenters. The number of benzene rings is 1. The number of aliphatic carboxylic acids is 1. The van der Waals surface area contributed by atoms with Crippen molar-refractivity contribution in [1.82, 2.24) is 14.9 Å². The summed E-state index contributed by atoms with van der Waals surface area (Å²) in [4.78, 5) is 34.1. The predicted octanol–water partition coefficient (Wildman–Crippen LogP) is 3.48. The number of carbonyl (C=O) groups excluding carboxylic acids is 1. The van der Waals surface area contributed by atoms with Crippen molar-refractivity contribution in [2.24, 2.45) is 17.8 Å². The molecule has 1 aliphatic rings. The normalized spacial score (nSPS) is 20.3. The molecule has 2 aromatic rings. The number of hydrogen-bond donors (Lipinski definition) is 2. The first-order chi connectivity index (χ1) is 13.0. The molecule has 2 atom stereocenters. The average molecular weight is 371 g/mol. The Balaban J connectivity index is 1.77. The number of fused-ring (bicyclic) bond motifs is 1. The summed E-state index contributed by atoms with van der Waals surface area (Å²) in [6.07, 6.45) is 3.25. The number of carboxylic acids is 1. The first-order valence-corrected chi connectivity index (χ1v) is 9.96. The Bertz CT molecular complexity index is 764. The lowest BCUT2D eigenvalue weighted by Crippen LogP contribution is -2.47. The fourth-order valence-corrected chi connectivity index (χ4v) is 4.25. The van der Waals surface area contributed by atoms with Crippen molar-refractivity contribution < 1.29 is 14.7 Å². The number of nitrogens with one attached hydrogen (secondary N) is 1. The van der Waals surface area contributed by atoms with Gasteiger partial charge in [0.1, 0.15) is 5.82 Å². The smallest absolute Gasteiger partial charge is 0.303 e. The van der Waals surface area contributed by atoms with E-state index in [0.29, 0.717) is 19.5 Å². The van der Waals surface area contributed by atoms with Crippen LogP contribution in [0.3, 0.4) is 0 Å². The molecule has 1 aromatic carbocycles. The van der Waals surface area contributed by atoms with E-state index in [1.54, 1.807) is 0 Å². The second kappa shape index (κ2) is 8.55. The number of para-hydroxylation sites is 2. The molecule has 1 aromatic heterocycles. The zero-order chi connectivity index (χ0) is 19.4. The maximum absolute atomic E-state index is 12.8. The molecule has 146 valence electrons. The predicted molar refractivity (Wildman–Crippen MR) is 104 cm³/mol. The van der Waals surface area contributed by atoms with Gasteiger partial charge in [-0.3, -0.25) is 9.59 Å². The Labute approximate surface area is 160 Å². The summed E-state index contributed by atoms with van der Waals surface area (Å²) >= 11 is 0. The van der Waals surface area contributed by atoms with Gasteiger partial charge in [-0.25, -0.2) is 4.98 Å². The Kier molecular flexibility index (Phi) is 6.14. The molecule has 2 heterocycles. The number of rotatable bonds is 7. The van der Waals surface area contributed by atoms with E-state index in [9.17, 15) is 14.7 Å². The largest absolute Gasteiger partial charge is 0.481 e. The summed E-state index contributed by atoms with van der Waals surface area (Å²) in [5.41, 5.74) is 1.91. The number of H-pyrrole nitrogens is 1. The Morgan fingerprint density at radius 1 is 1.26 bits per heavy atom. The first kappa shape index (κ1) is 19.4. The Morgan fingerprint density at radius 2 is 2.00 bits per heavy atom. The topological polar surface area (TPSA) is 86.3 Å². The van der Waals surface area contributed by atoms with Gasteiger partial charge in [0.05, 0.1) is 11.0 Å². The molecule has 0 bridgehead atoms. The molecular formula is C21H29N3O3. The second-order valence-electron chi connectivity index (χ2n) is 7.61. The van der Waals surface area contributed by atoms with E-state index in [1.165, 1.54) is 0 Å². The van der Waals surface area contributed by atoms with Crippen molar-refractivity contribution in [3.8, 4) is 0 Å². The molecule has 6 nitrogen and oxygen atoms in total. The van der Waals surface area contributed by atoms with Crippen LogP contribution in [-0.4, -0.2) is 44.9 Å². The highest BCUT2D eigenvalue weighted by molar-refractivity contribution is 5.79. The number of likely N-dealkylation sites (tertiary alicyclic amines) is 1. The van der Waals surface area contributed by atoms with Crippen molar-refractivity contribution in [3.05, 3.63) is 30.1 Å². The SMILES string of the molecule is CCC(CC)C(=O)N1CCC(CC(=O)O)C(Cc2nc3ccccc3[nH]2)C1. The summed E-state index contributed by atoms with van der Waals surface area (Å²) < 4.78 is 0. The number of carbonyl (C=O) groups is 2. The maximum Gasteiger partial charge on any atom is 0.303 e. The monoisotopic (exact) mass is 371 g/mol. The number of piperidine rings is 1. The van der Waals surface area contributed by atoms with Crippen LogP contribution in [0.5, 0.6) is 0 Å². The summed E-state index contributed by atoms with van der Waals surface area (Å²) in [5, 5.41) is 9.30. The summed E-state index contributed by atoms with van der Waals surface area (Å²) in [6.45, 7) is 5.37. The van der Waals surface area contributed by atoms with Crippen LogP contribution in [0, 0.1) is 17.8 Å². The lowest BCUT2D eigenvalue weighted by Gasteiger charge is -2.39. The molecule has 1 fully saturated rings. The molecule has 0 spiro atoms. The van der Waals surface area contributed by atoms with Gasteiger partial charge in [0, 0.05) is 31.8 Å². The van der Waals surface area contributed by atoms with Crippen LogP contribution in [0.15, 0.2) is 24.3 Å². The molecule has 0 saturated carbocycles. The van der Waals surface area contributed by atoms with Crippen LogP contribution < -0.4 is 0 Å². The quantitative estimate of drug-likeness (QED) is 0.780. The average Bonchev–Trinajstić information content (AvgIpc) is 3.06. The van der Waals surface area contributed by atoms with E-state index in [4.69, 9.17) is 0 Å². The molecule has 27 heavy (non-hydrogen) atoms. The number of amides is 1. The van der Waals surface area contributed by atoms with Gasteiger partial charge in [0.2, 0.25) is 5.91 Å². The van der Waals surface area contributed by atoms with Crippen LogP contribution in [-0.2, 0) is 16.0 Å². The highest BCUT2D eigenvalue weighted by atomic mass is 16.4. The van der Waals surface area contributed by atoms with Crippen LogP contribution in [0.1, 0.15) is 45.4 Å². The van der Waals surface area contributed by atoms with Crippen molar-refractivity contribution in [1.29, 1.82) is 0 Å². The van der Waals surface area contributed by atoms with Gasteiger partial charge < -0.3 is 15.0 Å². The summed E-state index contributed by atoms with van der Waals surface area (Å²) in [7, 11) is 0. The van der Waals surface area contributed by atoms with Gasteiger partial charge in [-0.2, -0.15) is 0 Å². The Hall–Kier alpha value is -2.37. The molecule has 0 radical (unpaired) electrons. The number of hydrogen-bond acceptors (Lipinski definition) is 3. The van der Waals surface area contributed by atoms with Crippen molar-refractivity contribution in [2.45, 2.75) is 46.0 Å². The van der Waals surface area contributed by atoms with E-state index in [0.717, 1.165) is 36.1 Å². The molecule has 2 N–H and O–H groups in total. The molecule has 3 rings (SSSR count). The summed E-state index contributed by atoms with van der Waals surface area (Å²) in [6, 6.07) is 7.88. The molecule has 6 heteroatoms. The lowest BCUT2D eigenvalue weighted by molar-refractivity contribution is -0.141. The molecule has 0 aliphatic carbocycles. The van der Waals surface area contributed by atoms with Crippen molar-refractivity contribution >= 4 is 22.9 Å². The number of imidazole rings is 1. The third kappa shape index (κ3) is 4.49. The number of aromatic nitrogens is 2. The molecular weight excluding hydrogens is 342 g/mol. The highest BCUT2D eigenvalue weighted by Gasteiger charge is 2.34. The zero-order valence-electron chi connectivity index (χ0n) is 16.1. The van der Waals surface area contributed by atoms with E-state index < -0.39 is 5.97 Å². The minimum absolute atomic E-state index is 0.0628. The van der Waals surface area contributed by atoms with Crippen LogP contribution in [0.25, 0.3) is 11.0 Å². The van der Waals surface area contributed by atoms with Gasteiger partial charge in [0.25, 0.3) is 0 Å². The molecule has 1 saturated heterocycles. The van der Waals surface area contributed by atoms with Crippen molar-refractivity contribution in [2.75, 3.05) is 13.1 Å². The van der Waals surface area contributed by atoms with Gasteiger partial charge in [-0.15, -0.1) is 0 Å². The third-order valence-corrected chi connectivity index (χ3v) is 5.87. The third-order valence-electron chi connectivity index (χ3n) is 5.87. The van der Waals surface area contributed by atoms with E-state index in [2.05, 4.69) is 23.8 Å². The van der Waals surface area contributed by atoms with Gasteiger partial charge in [0.15, 0.2) is 0 Å². The maximum atomic E-state index is 12.8. The highest BCUT2D eigenvalue weighted by Crippen LogP contribution is 2.31. The van der Waals surface area contributed by atoms with Crippen LogP contribution >= 0.6 is 0 Å². The van der Waals surface area contributed by atoms with Crippen LogP contribution in [0.2, 0.25) is 0 Å². The molecule has 1 aliphatic heterocycles. The number of aromatic amines is 1. The zero-order valence-corrected chi connectivity index (χ0v) is 16.1. The van der Waals surface area contributed by atoms with Gasteiger partial charge in [-0.05, 0) is 43.2 Å². The first-order valence-electron chi connectivity index (χ1n) is 9.96. The van der Waals surface area contributed by atoms with Gasteiger partial charge >= 0.3 is 5.97 Å². The van der Waals surface area contributed by atoms with Crippen LogP contribution in [0.4, 0.5) is 0 Å². The molecule has 1 amide bonds. The fraction of sp³-hybridized carbons (Fsp3) is 0.571. The number of nitrogens with zero attached hydrogens (tertiary/aromatic N) is 2. The standard InChI is InChI=1S/C21H29N3O3/c1-3-14(4-2)21(27)24-10-9-15(12-20(25)26)16(13-24)11-19-22-17-7-5-6-8-18(17)23-19/h5-8,14-16H,3-4,9-13H2,1-2H3,(H,22,23)(H,25,26). The summed E-state index contributed by atoms with van der Waals surface area (Å²) in [5.74, 6) is 0.550. The lowest BCUT2D eigenvalue weighted by atomic mass is 9.80. The van der Waals surface area contributed by atoms with Gasteiger partial charge in [-0.1, -0.05) is 26.0 Å². The Morgan fingerprint density at radius 3 is 2.67 bits per heavy atom. The van der Waals surface area contributed by atoms with E-state index in [-0.39, 0.29) is 30.1 Å². The fourth-order valence-electron chi connectivity index (χ4n) is 4.25.